The van der Waals surface area contributed by atoms with E-state index in [0.29, 0.717) is 12.1 Å². The van der Waals surface area contributed by atoms with Crippen LogP contribution in [0.3, 0.4) is 0 Å². The number of nitrogens with one attached hydrogen (secondary N) is 1. The summed E-state index contributed by atoms with van der Waals surface area (Å²) in [4.78, 5) is 19.8. The Balaban J connectivity index is 2.12. The Morgan fingerprint density at radius 1 is 1.50 bits per heavy atom. The third-order valence-electron chi connectivity index (χ3n) is 2.07. The van der Waals surface area contributed by atoms with Crippen LogP contribution in [0.1, 0.15) is 21.2 Å². The molecule has 2 aromatic heterocycles. The maximum Gasteiger partial charge on any atom is 0.270 e. The van der Waals surface area contributed by atoms with E-state index in [2.05, 4.69) is 15.3 Å². The van der Waals surface area contributed by atoms with E-state index in [1.807, 2.05) is 18.2 Å². The van der Waals surface area contributed by atoms with Crippen molar-refractivity contribution < 1.29 is 4.79 Å². The molecule has 0 radical (unpaired) electrons. The van der Waals surface area contributed by atoms with Crippen LogP contribution in [-0.4, -0.2) is 22.9 Å². The predicted octanol–water partition coefficient (Wildman–Crippen LogP) is 1.49. The van der Waals surface area contributed by atoms with Gasteiger partial charge in [-0.2, -0.15) is 0 Å². The van der Waals surface area contributed by atoms with E-state index < -0.39 is 0 Å². The standard InChI is InChI=1S/C11H11N3OS/c1-12-11(15)9-7-16-10(14-9)6-8-4-2-3-5-13-8/h2-5,7H,6H2,1H3,(H,12,15). The van der Waals surface area contributed by atoms with Gasteiger partial charge in [-0.1, -0.05) is 6.07 Å². The van der Waals surface area contributed by atoms with E-state index in [-0.39, 0.29) is 5.91 Å². The summed E-state index contributed by atoms with van der Waals surface area (Å²) >= 11 is 1.48. The highest BCUT2D eigenvalue weighted by Crippen LogP contribution is 2.13. The van der Waals surface area contributed by atoms with Crippen molar-refractivity contribution in [2.24, 2.45) is 0 Å². The van der Waals surface area contributed by atoms with Crippen LogP contribution in [-0.2, 0) is 6.42 Å². The first-order chi connectivity index (χ1) is 7.79. The number of carbonyl (C=O) groups excluding carboxylic acids is 1. The molecule has 82 valence electrons. The topological polar surface area (TPSA) is 54.9 Å². The molecule has 0 saturated heterocycles. The number of hydrogen-bond donors (Lipinski definition) is 1. The third-order valence-corrected chi connectivity index (χ3v) is 2.92. The van der Waals surface area contributed by atoms with E-state index in [1.165, 1.54) is 11.3 Å². The maximum absolute atomic E-state index is 11.3. The van der Waals surface area contributed by atoms with Gasteiger partial charge >= 0.3 is 0 Å². The molecule has 0 spiro atoms. The minimum Gasteiger partial charge on any atom is -0.354 e. The van der Waals surface area contributed by atoms with Gasteiger partial charge in [0.15, 0.2) is 0 Å². The summed E-state index contributed by atoms with van der Waals surface area (Å²) in [5.41, 5.74) is 1.43. The van der Waals surface area contributed by atoms with Gasteiger partial charge in [0.2, 0.25) is 0 Å². The Kier molecular flexibility index (Phi) is 3.26. The minimum absolute atomic E-state index is 0.150. The lowest BCUT2D eigenvalue weighted by Gasteiger charge is -1.95. The Hall–Kier alpha value is -1.75. The number of carbonyl (C=O) groups is 1. The van der Waals surface area contributed by atoms with Crippen molar-refractivity contribution in [3.8, 4) is 0 Å². The molecule has 0 atom stereocenters. The fraction of sp³-hybridized carbons (Fsp3) is 0.182. The fourth-order valence-electron chi connectivity index (χ4n) is 1.28. The van der Waals surface area contributed by atoms with Gasteiger partial charge in [0.25, 0.3) is 5.91 Å². The number of amides is 1. The number of aromatic nitrogens is 2. The molecule has 0 aromatic carbocycles. The first kappa shape index (κ1) is 10.8. The molecule has 1 amide bonds. The van der Waals surface area contributed by atoms with Gasteiger partial charge in [-0.3, -0.25) is 9.78 Å². The monoisotopic (exact) mass is 233 g/mol. The number of thiazole rings is 1. The first-order valence-corrected chi connectivity index (χ1v) is 5.74. The number of pyridine rings is 1. The molecule has 0 bridgehead atoms. The zero-order valence-electron chi connectivity index (χ0n) is 8.80. The molecular formula is C11H11N3OS. The van der Waals surface area contributed by atoms with Crippen LogP contribution in [0.5, 0.6) is 0 Å². The predicted molar refractivity (Wildman–Crippen MR) is 62.5 cm³/mol. The van der Waals surface area contributed by atoms with Crippen molar-refractivity contribution in [3.63, 3.8) is 0 Å². The maximum atomic E-state index is 11.3. The molecule has 5 heteroatoms. The molecule has 0 unspecified atom stereocenters. The highest BCUT2D eigenvalue weighted by Gasteiger charge is 2.09. The lowest BCUT2D eigenvalue weighted by Crippen LogP contribution is -2.18. The second kappa shape index (κ2) is 4.85. The highest BCUT2D eigenvalue weighted by molar-refractivity contribution is 7.09. The average molecular weight is 233 g/mol. The number of hydrogen-bond acceptors (Lipinski definition) is 4. The largest absolute Gasteiger partial charge is 0.354 e. The Labute approximate surface area is 97.4 Å². The van der Waals surface area contributed by atoms with Crippen molar-refractivity contribution in [2.45, 2.75) is 6.42 Å². The average Bonchev–Trinajstić information content (AvgIpc) is 2.78. The van der Waals surface area contributed by atoms with Crippen LogP contribution in [0.4, 0.5) is 0 Å². The molecule has 0 aliphatic carbocycles. The molecular weight excluding hydrogens is 222 g/mol. The summed E-state index contributed by atoms with van der Waals surface area (Å²) in [7, 11) is 1.60. The van der Waals surface area contributed by atoms with Crippen LogP contribution in [0.25, 0.3) is 0 Å². The normalized spacial score (nSPS) is 10.1. The van der Waals surface area contributed by atoms with Gasteiger partial charge in [0.05, 0.1) is 5.01 Å². The van der Waals surface area contributed by atoms with Crippen molar-refractivity contribution >= 4 is 17.2 Å². The van der Waals surface area contributed by atoms with Gasteiger partial charge in [-0.15, -0.1) is 11.3 Å². The van der Waals surface area contributed by atoms with E-state index in [4.69, 9.17) is 0 Å². The summed E-state index contributed by atoms with van der Waals surface area (Å²) in [6, 6.07) is 5.76. The molecule has 0 saturated carbocycles. The summed E-state index contributed by atoms with van der Waals surface area (Å²) in [6.45, 7) is 0. The second-order valence-electron chi connectivity index (χ2n) is 3.20. The molecule has 0 aliphatic heterocycles. The lowest BCUT2D eigenvalue weighted by molar-refractivity contribution is 0.0958. The molecule has 2 rings (SSSR count). The van der Waals surface area contributed by atoms with Crippen LogP contribution in [0.15, 0.2) is 29.8 Å². The van der Waals surface area contributed by atoms with Gasteiger partial charge in [0, 0.05) is 30.7 Å². The molecule has 0 fully saturated rings. The van der Waals surface area contributed by atoms with Gasteiger partial charge in [0.1, 0.15) is 5.69 Å². The Bertz CT molecular complexity index is 481. The SMILES string of the molecule is CNC(=O)c1csc(Cc2ccccn2)n1. The summed E-state index contributed by atoms with van der Waals surface area (Å²) in [5, 5.41) is 5.21. The summed E-state index contributed by atoms with van der Waals surface area (Å²) < 4.78 is 0. The summed E-state index contributed by atoms with van der Waals surface area (Å²) in [5.74, 6) is -0.150. The van der Waals surface area contributed by atoms with E-state index >= 15 is 0 Å². The molecule has 2 aromatic rings. The van der Waals surface area contributed by atoms with E-state index in [1.54, 1.807) is 18.6 Å². The van der Waals surface area contributed by atoms with Crippen molar-refractivity contribution in [2.75, 3.05) is 7.05 Å². The van der Waals surface area contributed by atoms with Crippen LogP contribution < -0.4 is 5.32 Å². The van der Waals surface area contributed by atoms with Crippen molar-refractivity contribution in [1.82, 2.24) is 15.3 Å². The van der Waals surface area contributed by atoms with E-state index in [0.717, 1.165) is 10.7 Å². The lowest BCUT2D eigenvalue weighted by atomic mass is 10.3. The molecule has 2 heterocycles. The molecule has 1 N–H and O–H groups in total. The quantitative estimate of drug-likeness (QED) is 0.873. The van der Waals surface area contributed by atoms with Crippen molar-refractivity contribution in [3.05, 3.63) is 46.2 Å². The second-order valence-corrected chi connectivity index (χ2v) is 4.15. The molecule has 4 nitrogen and oxygen atoms in total. The zero-order valence-corrected chi connectivity index (χ0v) is 9.62. The van der Waals surface area contributed by atoms with Crippen molar-refractivity contribution in [1.29, 1.82) is 0 Å². The number of nitrogens with zero attached hydrogens (tertiary/aromatic N) is 2. The van der Waals surface area contributed by atoms with Crippen LogP contribution >= 0.6 is 11.3 Å². The Morgan fingerprint density at radius 3 is 3.06 bits per heavy atom. The van der Waals surface area contributed by atoms with Gasteiger partial charge in [-0.05, 0) is 12.1 Å². The van der Waals surface area contributed by atoms with Gasteiger partial charge in [-0.25, -0.2) is 4.98 Å². The van der Waals surface area contributed by atoms with E-state index in [9.17, 15) is 4.79 Å². The smallest absolute Gasteiger partial charge is 0.270 e. The van der Waals surface area contributed by atoms with Crippen LogP contribution in [0, 0.1) is 0 Å². The fourth-order valence-corrected chi connectivity index (χ4v) is 2.07. The van der Waals surface area contributed by atoms with Gasteiger partial charge < -0.3 is 5.32 Å². The van der Waals surface area contributed by atoms with Crippen LogP contribution in [0.2, 0.25) is 0 Å². The first-order valence-electron chi connectivity index (χ1n) is 4.86. The number of rotatable bonds is 3. The third kappa shape index (κ3) is 2.43. The minimum atomic E-state index is -0.150. The highest BCUT2D eigenvalue weighted by atomic mass is 32.1. The summed E-state index contributed by atoms with van der Waals surface area (Å²) in [6.07, 6.45) is 2.42. The zero-order chi connectivity index (χ0) is 11.4. The molecule has 16 heavy (non-hydrogen) atoms. The molecule has 0 aliphatic rings. The Morgan fingerprint density at radius 2 is 2.38 bits per heavy atom.